The molecular formula is C20H17Br. The number of benzene rings is 3. The molecule has 0 N–H and O–H groups in total. The van der Waals surface area contributed by atoms with Gasteiger partial charge in [-0.2, -0.15) is 0 Å². The summed E-state index contributed by atoms with van der Waals surface area (Å²) in [6.45, 7) is 4.36. The van der Waals surface area contributed by atoms with Crippen LogP contribution in [0.3, 0.4) is 0 Å². The van der Waals surface area contributed by atoms with Gasteiger partial charge in [0.2, 0.25) is 0 Å². The number of halogens is 1. The molecule has 0 atom stereocenters. The first-order chi connectivity index (χ1) is 10.2. The van der Waals surface area contributed by atoms with Crippen LogP contribution in [0, 0.1) is 13.8 Å². The first kappa shape index (κ1) is 14.1. The van der Waals surface area contributed by atoms with Crippen LogP contribution in [-0.4, -0.2) is 0 Å². The van der Waals surface area contributed by atoms with Crippen LogP contribution in [0.4, 0.5) is 0 Å². The minimum atomic E-state index is 1.13. The van der Waals surface area contributed by atoms with Gasteiger partial charge in [-0.1, -0.05) is 76.6 Å². The second-order valence-corrected chi connectivity index (χ2v) is 6.13. The van der Waals surface area contributed by atoms with Crippen molar-refractivity contribution in [2.24, 2.45) is 0 Å². The quantitative estimate of drug-likeness (QED) is 0.507. The summed E-state index contributed by atoms with van der Waals surface area (Å²) in [4.78, 5) is 0. The average molecular weight is 337 g/mol. The van der Waals surface area contributed by atoms with E-state index in [9.17, 15) is 0 Å². The molecule has 0 nitrogen and oxygen atoms in total. The topological polar surface area (TPSA) is 0 Å². The highest BCUT2D eigenvalue weighted by Crippen LogP contribution is 2.37. The van der Waals surface area contributed by atoms with Gasteiger partial charge in [-0.05, 0) is 53.3 Å². The lowest BCUT2D eigenvalue weighted by Gasteiger charge is -2.14. The summed E-state index contributed by atoms with van der Waals surface area (Å²) >= 11 is 3.67. The zero-order valence-corrected chi connectivity index (χ0v) is 13.8. The van der Waals surface area contributed by atoms with Gasteiger partial charge in [0.1, 0.15) is 0 Å². The number of hydrogen-bond acceptors (Lipinski definition) is 0. The molecule has 21 heavy (non-hydrogen) atoms. The monoisotopic (exact) mass is 336 g/mol. The third-order valence-corrected chi connectivity index (χ3v) is 4.68. The Morgan fingerprint density at radius 2 is 1.10 bits per heavy atom. The average Bonchev–Trinajstić information content (AvgIpc) is 2.51. The molecule has 0 radical (unpaired) electrons. The van der Waals surface area contributed by atoms with E-state index in [-0.39, 0.29) is 0 Å². The minimum Gasteiger partial charge on any atom is -0.0616 e. The molecule has 0 aliphatic rings. The highest BCUT2D eigenvalue weighted by Gasteiger charge is 2.11. The van der Waals surface area contributed by atoms with Gasteiger partial charge in [-0.25, -0.2) is 0 Å². The van der Waals surface area contributed by atoms with Gasteiger partial charge < -0.3 is 0 Å². The second-order valence-electron chi connectivity index (χ2n) is 5.27. The number of hydrogen-bond donors (Lipinski definition) is 0. The van der Waals surface area contributed by atoms with E-state index >= 15 is 0 Å². The van der Waals surface area contributed by atoms with Gasteiger partial charge in [0.15, 0.2) is 0 Å². The van der Waals surface area contributed by atoms with Crippen molar-refractivity contribution in [2.45, 2.75) is 13.8 Å². The standard InChI is InChI=1S/C20H17Br/c1-14-8-7-12-16(15(14)2)17-9-3-4-10-18(17)19-11-5-6-13-20(19)21/h3-13H,1-2H3. The molecule has 3 aromatic carbocycles. The zero-order chi connectivity index (χ0) is 14.8. The van der Waals surface area contributed by atoms with Crippen molar-refractivity contribution >= 4 is 15.9 Å². The van der Waals surface area contributed by atoms with Crippen LogP contribution in [0.1, 0.15) is 11.1 Å². The van der Waals surface area contributed by atoms with E-state index in [1.165, 1.54) is 33.4 Å². The lowest BCUT2D eigenvalue weighted by molar-refractivity contribution is 1.34. The van der Waals surface area contributed by atoms with Crippen molar-refractivity contribution in [1.29, 1.82) is 0 Å². The van der Waals surface area contributed by atoms with E-state index in [1.54, 1.807) is 0 Å². The molecule has 0 saturated heterocycles. The lowest BCUT2D eigenvalue weighted by Crippen LogP contribution is -1.90. The van der Waals surface area contributed by atoms with Gasteiger partial charge in [0, 0.05) is 4.47 Å². The lowest BCUT2D eigenvalue weighted by atomic mass is 9.91. The summed E-state index contributed by atoms with van der Waals surface area (Å²) in [6, 6.07) is 23.5. The minimum absolute atomic E-state index is 1.13. The molecule has 1 heteroatoms. The van der Waals surface area contributed by atoms with E-state index in [0.717, 1.165) is 4.47 Å². The van der Waals surface area contributed by atoms with Crippen molar-refractivity contribution in [3.8, 4) is 22.3 Å². The van der Waals surface area contributed by atoms with Crippen LogP contribution in [0.15, 0.2) is 71.2 Å². The predicted octanol–water partition coefficient (Wildman–Crippen LogP) is 6.40. The Kier molecular flexibility index (Phi) is 3.94. The first-order valence-corrected chi connectivity index (χ1v) is 7.88. The summed E-state index contributed by atoms with van der Waals surface area (Å²) in [5.74, 6) is 0. The molecule has 104 valence electrons. The van der Waals surface area contributed by atoms with Gasteiger partial charge in [-0.15, -0.1) is 0 Å². The SMILES string of the molecule is Cc1cccc(-c2ccccc2-c2ccccc2Br)c1C. The molecule has 0 aliphatic carbocycles. The molecule has 0 bridgehead atoms. The van der Waals surface area contributed by atoms with E-state index in [2.05, 4.69) is 90.4 Å². The summed E-state index contributed by atoms with van der Waals surface area (Å²) < 4.78 is 1.13. The molecule has 3 aromatic rings. The van der Waals surface area contributed by atoms with Crippen molar-refractivity contribution in [3.63, 3.8) is 0 Å². The van der Waals surface area contributed by atoms with Crippen molar-refractivity contribution in [3.05, 3.63) is 82.3 Å². The maximum absolute atomic E-state index is 3.67. The van der Waals surface area contributed by atoms with Crippen molar-refractivity contribution in [2.75, 3.05) is 0 Å². The molecule has 0 spiro atoms. The van der Waals surface area contributed by atoms with Crippen molar-refractivity contribution < 1.29 is 0 Å². The maximum atomic E-state index is 3.67. The fourth-order valence-electron chi connectivity index (χ4n) is 2.68. The van der Waals surface area contributed by atoms with Crippen LogP contribution in [0.25, 0.3) is 22.3 Å². The highest BCUT2D eigenvalue weighted by atomic mass is 79.9. The van der Waals surface area contributed by atoms with Crippen LogP contribution in [0.2, 0.25) is 0 Å². The van der Waals surface area contributed by atoms with Crippen LogP contribution in [-0.2, 0) is 0 Å². The Balaban J connectivity index is 2.26. The number of aryl methyl sites for hydroxylation is 1. The first-order valence-electron chi connectivity index (χ1n) is 7.09. The van der Waals surface area contributed by atoms with Crippen molar-refractivity contribution in [1.82, 2.24) is 0 Å². The van der Waals surface area contributed by atoms with Crippen LogP contribution < -0.4 is 0 Å². The normalized spacial score (nSPS) is 10.6. The Morgan fingerprint density at radius 3 is 1.76 bits per heavy atom. The summed E-state index contributed by atoms with van der Waals surface area (Å²) in [5, 5.41) is 0. The van der Waals surface area contributed by atoms with Gasteiger partial charge in [0.25, 0.3) is 0 Å². The smallest absolute Gasteiger partial charge is 0.0253 e. The van der Waals surface area contributed by atoms with Gasteiger partial charge in [0.05, 0.1) is 0 Å². The Bertz CT molecular complexity index is 787. The second kappa shape index (κ2) is 5.87. The Morgan fingerprint density at radius 1 is 0.571 bits per heavy atom. The molecule has 0 saturated carbocycles. The maximum Gasteiger partial charge on any atom is 0.0253 e. The third-order valence-electron chi connectivity index (χ3n) is 3.99. The van der Waals surface area contributed by atoms with E-state index in [0.29, 0.717) is 0 Å². The highest BCUT2D eigenvalue weighted by molar-refractivity contribution is 9.10. The van der Waals surface area contributed by atoms with Gasteiger partial charge >= 0.3 is 0 Å². The molecule has 0 unspecified atom stereocenters. The van der Waals surface area contributed by atoms with E-state index < -0.39 is 0 Å². The Labute approximate surface area is 134 Å². The predicted molar refractivity (Wildman–Crippen MR) is 94.5 cm³/mol. The van der Waals surface area contributed by atoms with Gasteiger partial charge in [-0.3, -0.25) is 0 Å². The molecule has 3 rings (SSSR count). The molecule has 0 aromatic heterocycles. The third kappa shape index (κ3) is 2.66. The molecule has 0 aliphatic heterocycles. The van der Waals surface area contributed by atoms with Crippen LogP contribution in [0.5, 0.6) is 0 Å². The summed E-state index contributed by atoms with van der Waals surface area (Å²) in [5.41, 5.74) is 7.76. The van der Waals surface area contributed by atoms with Crippen LogP contribution >= 0.6 is 15.9 Å². The fraction of sp³-hybridized carbons (Fsp3) is 0.100. The zero-order valence-electron chi connectivity index (χ0n) is 12.2. The number of rotatable bonds is 2. The molecule has 0 heterocycles. The Hall–Kier alpha value is -1.86. The summed E-state index contributed by atoms with van der Waals surface area (Å²) in [7, 11) is 0. The largest absolute Gasteiger partial charge is 0.0616 e. The van der Waals surface area contributed by atoms with E-state index in [1.807, 2.05) is 6.07 Å². The molecule has 0 fully saturated rings. The molecular weight excluding hydrogens is 320 g/mol. The fourth-order valence-corrected chi connectivity index (χ4v) is 3.17. The summed E-state index contributed by atoms with van der Waals surface area (Å²) in [6.07, 6.45) is 0. The molecule has 0 amide bonds. The van der Waals surface area contributed by atoms with E-state index in [4.69, 9.17) is 0 Å².